The van der Waals surface area contributed by atoms with Crippen LogP contribution in [-0.4, -0.2) is 35.7 Å². The molecule has 6 nitrogen and oxygen atoms in total. The minimum Gasteiger partial charge on any atom is -0.338 e. The Morgan fingerprint density at radius 1 is 0.853 bits per heavy atom. The summed E-state index contributed by atoms with van der Waals surface area (Å²) in [6, 6.07) is 19.2. The first kappa shape index (κ1) is 22.1. The Labute approximate surface area is 199 Å². The average molecular weight is 456 g/mol. The van der Waals surface area contributed by atoms with Crippen LogP contribution >= 0.6 is 0 Å². The third-order valence-electron chi connectivity index (χ3n) is 6.81. The van der Waals surface area contributed by atoms with Gasteiger partial charge in [-0.15, -0.1) is 0 Å². The first-order valence-electron chi connectivity index (χ1n) is 12.0. The van der Waals surface area contributed by atoms with Gasteiger partial charge in [-0.05, 0) is 67.1 Å². The number of aryl methyl sites for hydroxylation is 1. The zero-order chi connectivity index (χ0) is 23.7. The fourth-order valence-electron chi connectivity index (χ4n) is 4.62. The average Bonchev–Trinajstić information content (AvgIpc) is 3.71. The molecule has 1 aliphatic carbocycles. The van der Waals surface area contributed by atoms with Gasteiger partial charge >= 0.3 is 0 Å². The lowest BCUT2D eigenvalue weighted by Crippen LogP contribution is -2.43. The van der Waals surface area contributed by atoms with Crippen molar-refractivity contribution in [1.29, 1.82) is 0 Å². The Hall–Kier alpha value is -3.67. The van der Waals surface area contributed by atoms with Crippen LogP contribution in [0.1, 0.15) is 41.6 Å². The van der Waals surface area contributed by atoms with E-state index in [0.29, 0.717) is 30.0 Å². The molecule has 1 atom stereocenters. The molecule has 5 rings (SSSR count). The summed E-state index contributed by atoms with van der Waals surface area (Å²) in [7, 11) is 0. The van der Waals surface area contributed by atoms with E-state index >= 15 is 0 Å². The smallest absolute Gasteiger partial charge is 0.254 e. The Kier molecular flexibility index (Phi) is 6.05. The van der Waals surface area contributed by atoms with Gasteiger partial charge in [-0.3, -0.25) is 14.4 Å². The number of anilines is 2. The second kappa shape index (κ2) is 9.29. The first-order valence-corrected chi connectivity index (χ1v) is 12.0. The summed E-state index contributed by atoms with van der Waals surface area (Å²) in [5.74, 6) is -0.251. The summed E-state index contributed by atoms with van der Waals surface area (Å²) >= 11 is 0. The molecule has 1 saturated heterocycles. The molecule has 2 aliphatic rings. The van der Waals surface area contributed by atoms with Gasteiger partial charge in [-0.1, -0.05) is 42.5 Å². The molecule has 6 heteroatoms. The van der Waals surface area contributed by atoms with Crippen molar-refractivity contribution in [2.45, 2.75) is 32.6 Å². The zero-order valence-electron chi connectivity index (χ0n) is 19.3. The molecule has 0 radical (unpaired) electrons. The molecular weight excluding hydrogens is 426 g/mol. The normalized spacial score (nSPS) is 17.9. The van der Waals surface area contributed by atoms with Crippen molar-refractivity contribution in [3.05, 3.63) is 71.8 Å². The van der Waals surface area contributed by atoms with Crippen molar-refractivity contribution in [2.75, 3.05) is 23.7 Å². The number of fused-ring (bicyclic) bond motifs is 1. The third kappa shape index (κ3) is 4.67. The van der Waals surface area contributed by atoms with Crippen LogP contribution in [0, 0.1) is 18.8 Å². The summed E-state index contributed by atoms with van der Waals surface area (Å²) in [6.45, 7) is 2.97. The van der Waals surface area contributed by atoms with Gasteiger partial charge in [0.1, 0.15) is 0 Å². The van der Waals surface area contributed by atoms with Crippen molar-refractivity contribution in [2.24, 2.45) is 11.8 Å². The number of rotatable bonds is 5. The van der Waals surface area contributed by atoms with E-state index in [4.69, 9.17) is 0 Å². The SMILES string of the molecule is Cc1ccc(NC(=O)C2CC2)cc1NC(=O)C1CCCN(C(=O)c2cccc3ccccc23)C1. The van der Waals surface area contributed by atoms with Crippen LogP contribution in [0.2, 0.25) is 0 Å². The van der Waals surface area contributed by atoms with E-state index in [-0.39, 0.29) is 29.6 Å². The molecule has 3 amide bonds. The molecular formula is C28H29N3O3. The first-order chi connectivity index (χ1) is 16.5. The highest BCUT2D eigenvalue weighted by Crippen LogP contribution is 2.31. The summed E-state index contributed by atoms with van der Waals surface area (Å²) in [5, 5.41) is 7.94. The van der Waals surface area contributed by atoms with E-state index in [1.807, 2.05) is 67.6 Å². The summed E-state index contributed by atoms with van der Waals surface area (Å²) in [6.07, 6.45) is 3.40. The predicted octanol–water partition coefficient (Wildman–Crippen LogP) is 4.99. The number of hydrogen-bond donors (Lipinski definition) is 2. The number of nitrogens with zero attached hydrogens (tertiary/aromatic N) is 1. The van der Waals surface area contributed by atoms with Gasteiger partial charge in [0, 0.05) is 35.9 Å². The van der Waals surface area contributed by atoms with Crippen LogP contribution in [0.15, 0.2) is 60.7 Å². The third-order valence-corrected chi connectivity index (χ3v) is 6.81. The summed E-state index contributed by atoms with van der Waals surface area (Å²) < 4.78 is 0. The molecule has 34 heavy (non-hydrogen) atoms. The molecule has 0 aromatic heterocycles. The van der Waals surface area contributed by atoms with Crippen molar-refractivity contribution in [3.8, 4) is 0 Å². The van der Waals surface area contributed by atoms with E-state index in [2.05, 4.69) is 10.6 Å². The van der Waals surface area contributed by atoms with Crippen molar-refractivity contribution in [3.63, 3.8) is 0 Å². The molecule has 1 unspecified atom stereocenters. The van der Waals surface area contributed by atoms with Gasteiger partial charge in [0.25, 0.3) is 5.91 Å². The standard InChI is InChI=1S/C28H29N3O3/c1-18-11-14-22(29-26(32)20-12-13-20)16-25(18)30-27(33)21-8-5-15-31(17-21)28(34)24-10-4-7-19-6-2-3-9-23(19)24/h2-4,6-7,9-11,14,16,20-21H,5,8,12-13,15,17H2,1H3,(H,29,32)(H,30,33). The molecule has 1 aliphatic heterocycles. The van der Waals surface area contributed by atoms with Crippen LogP contribution in [0.5, 0.6) is 0 Å². The number of carbonyl (C=O) groups excluding carboxylic acids is 3. The fourth-order valence-corrected chi connectivity index (χ4v) is 4.62. The Balaban J connectivity index is 1.28. The van der Waals surface area contributed by atoms with Gasteiger partial charge in [-0.25, -0.2) is 0 Å². The van der Waals surface area contributed by atoms with E-state index in [1.165, 1.54) is 0 Å². The number of piperidine rings is 1. The Morgan fingerprint density at radius 3 is 2.44 bits per heavy atom. The summed E-state index contributed by atoms with van der Waals surface area (Å²) in [5.41, 5.74) is 2.98. The van der Waals surface area contributed by atoms with Crippen LogP contribution in [0.3, 0.4) is 0 Å². The lowest BCUT2D eigenvalue weighted by molar-refractivity contribution is -0.121. The molecule has 2 N–H and O–H groups in total. The lowest BCUT2D eigenvalue weighted by Gasteiger charge is -2.32. The largest absolute Gasteiger partial charge is 0.338 e. The Bertz CT molecular complexity index is 1260. The van der Waals surface area contributed by atoms with Crippen molar-refractivity contribution in [1.82, 2.24) is 4.90 Å². The molecule has 1 saturated carbocycles. The van der Waals surface area contributed by atoms with Crippen LogP contribution in [0.4, 0.5) is 11.4 Å². The quantitative estimate of drug-likeness (QED) is 0.569. The maximum Gasteiger partial charge on any atom is 0.254 e. The van der Waals surface area contributed by atoms with E-state index in [1.54, 1.807) is 4.90 Å². The van der Waals surface area contributed by atoms with Gasteiger partial charge < -0.3 is 15.5 Å². The molecule has 1 heterocycles. The monoisotopic (exact) mass is 455 g/mol. The van der Waals surface area contributed by atoms with Crippen LogP contribution in [0.25, 0.3) is 10.8 Å². The number of amides is 3. The second-order valence-corrected chi connectivity index (χ2v) is 9.40. The van der Waals surface area contributed by atoms with E-state index in [9.17, 15) is 14.4 Å². The zero-order valence-corrected chi connectivity index (χ0v) is 19.3. The highest BCUT2D eigenvalue weighted by Gasteiger charge is 2.31. The summed E-state index contributed by atoms with van der Waals surface area (Å²) in [4.78, 5) is 40.4. The number of likely N-dealkylation sites (tertiary alicyclic amines) is 1. The van der Waals surface area contributed by atoms with Gasteiger partial charge in [0.2, 0.25) is 11.8 Å². The number of benzene rings is 3. The lowest BCUT2D eigenvalue weighted by atomic mass is 9.95. The Morgan fingerprint density at radius 2 is 1.62 bits per heavy atom. The highest BCUT2D eigenvalue weighted by molar-refractivity contribution is 6.07. The molecule has 0 bridgehead atoms. The van der Waals surface area contributed by atoms with Crippen LogP contribution in [-0.2, 0) is 9.59 Å². The van der Waals surface area contributed by atoms with E-state index in [0.717, 1.165) is 42.0 Å². The topological polar surface area (TPSA) is 78.5 Å². The second-order valence-electron chi connectivity index (χ2n) is 9.40. The molecule has 0 spiro atoms. The van der Waals surface area contributed by atoms with Crippen LogP contribution < -0.4 is 10.6 Å². The molecule has 2 fully saturated rings. The van der Waals surface area contributed by atoms with Crippen molar-refractivity contribution < 1.29 is 14.4 Å². The molecule has 3 aromatic rings. The minimum atomic E-state index is -0.281. The fraction of sp³-hybridized carbons (Fsp3) is 0.321. The number of hydrogen-bond acceptors (Lipinski definition) is 3. The minimum absolute atomic E-state index is 0.0322. The maximum atomic E-state index is 13.4. The van der Waals surface area contributed by atoms with Crippen molar-refractivity contribution >= 4 is 39.9 Å². The number of nitrogens with one attached hydrogen (secondary N) is 2. The molecule has 3 aromatic carbocycles. The van der Waals surface area contributed by atoms with Gasteiger partial charge in [0.15, 0.2) is 0 Å². The number of carbonyl (C=O) groups is 3. The van der Waals surface area contributed by atoms with Gasteiger partial charge in [-0.2, -0.15) is 0 Å². The van der Waals surface area contributed by atoms with E-state index < -0.39 is 0 Å². The van der Waals surface area contributed by atoms with Gasteiger partial charge in [0.05, 0.1) is 5.92 Å². The highest BCUT2D eigenvalue weighted by atomic mass is 16.2. The molecule has 174 valence electrons. The maximum absolute atomic E-state index is 13.4. The predicted molar refractivity (Wildman–Crippen MR) is 134 cm³/mol.